The van der Waals surface area contributed by atoms with Gasteiger partial charge in [0.2, 0.25) is 0 Å². The third kappa shape index (κ3) is 2.47. The molecule has 1 nitrogen and oxygen atoms in total. The van der Waals surface area contributed by atoms with Crippen molar-refractivity contribution in [3.63, 3.8) is 0 Å². The second kappa shape index (κ2) is 4.73. The summed E-state index contributed by atoms with van der Waals surface area (Å²) in [5, 5.41) is 4.87. The topological polar surface area (TPSA) is 12.0 Å². The Balaban J connectivity index is 2.09. The molecule has 0 heterocycles. The van der Waals surface area contributed by atoms with Crippen LogP contribution in [0.1, 0.15) is 37.8 Å². The summed E-state index contributed by atoms with van der Waals surface area (Å²) in [5.41, 5.74) is 1.09. The van der Waals surface area contributed by atoms with E-state index in [-0.39, 0.29) is 6.04 Å². The van der Waals surface area contributed by atoms with Crippen molar-refractivity contribution in [2.75, 3.05) is 0 Å². The SMILES string of the molecule is CC(NC1CCC1)c1cccc(Cl)c1Cl. The first-order valence-corrected chi connectivity index (χ1v) is 6.14. The molecule has 1 aromatic rings. The molecule has 3 heteroatoms. The van der Waals surface area contributed by atoms with E-state index in [0.717, 1.165) is 5.56 Å². The van der Waals surface area contributed by atoms with E-state index in [1.165, 1.54) is 19.3 Å². The average Bonchev–Trinajstić information content (AvgIpc) is 2.15. The summed E-state index contributed by atoms with van der Waals surface area (Å²) in [4.78, 5) is 0. The molecule has 1 aromatic carbocycles. The predicted molar refractivity (Wildman–Crippen MR) is 65.7 cm³/mol. The van der Waals surface area contributed by atoms with E-state index in [1.807, 2.05) is 18.2 Å². The largest absolute Gasteiger partial charge is 0.307 e. The van der Waals surface area contributed by atoms with Gasteiger partial charge in [-0.15, -0.1) is 0 Å². The normalized spacial score (nSPS) is 18.6. The van der Waals surface area contributed by atoms with E-state index in [9.17, 15) is 0 Å². The van der Waals surface area contributed by atoms with Crippen LogP contribution in [-0.4, -0.2) is 6.04 Å². The fourth-order valence-electron chi connectivity index (χ4n) is 1.87. The van der Waals surface area contributed by atoms with E-state index in [1.54, 1.807) is 0 Å². The molecule has 1 unspecified atom stereocenters. The molecular formula is C12H15Cl2N. The number of hydrogen-bond acceptors (Lipinski definition) is 1. The van der Waals surface area contributed by atoms with Crippen LogP contribution in [0.2, 0.25) is 10.0 Å². The Labute approximate surface area is 101 Å². The van der Waals surface area contributed by atoms with Crippen molar-refractivity contribution >= 4 is 23.2 Å². The van der Waals surface area contributed by atoms with Gasteiger partial charge in [-0.25, -0.2) is 0 Å². The molecule has 1 saturated carbocycles. The van der Waals surface area contributed by atoms with Gasteiger partial charge < -0.3 is 5.32 Å². The number of hydrogen-bond donors (Lipinski definition) is 1. The van der Waals surface area contributed by atoms with Crippen molar-refractivity contribution in [3.05, 3.63) is 33.8 Å². The molecule has 1 aliphatic carbocycles. The van der Waals surface area contributed by atoms with Crippen LogP contribution in [-0.2, 0) is 0 Å². The quantitative estimate of drug-likeness (QED) is 0.840. The first kappa shape index (κ1) is 11.3. The summed E-state index contributed by atoms with van der Waals surface area (Å²) in [6.45, 7) is 2.13. The molecule has 0 aliphatic heterocycles. The van der Waals surface area contributed by atoms with Crippen molar-refractivity contribution < 1.29 is 0 Å². The second-order valence-corrected chi connectivity index (χ2v) is 4.94. The smallest absolute Gasteiger partial charge is 0.0639 e. The van der Waals surface area contributed by atoms with Crippen molar-refractivity contribution in [2.45, 2.75) is 38.3 Å². The molecule has 1 aliphatic rings. The molecule has 0 bridgehead atoms. The van der Waals surface area contributed by atoms with Crippen molar-refractivity contribution in [2.24, 2.45) is 0 Å². The Hall–Kier alpha value is -0.240. The van der Waals surface area contributed by atoms with Crippen LogP contribution < -0.4 is 5.32 Å². The Kier molecular flexibility index (Phi) is 3.55. The molecule has 1 fully saturated rings. The van der Waals surface area contributed by atoms with Gasteiger partial charge in [-0.3, -0.25) is 0 Å². The van der Waals surface area contributed by atoms with Gasteiger partial charge in [0.25, 0.3) is 0 Å². The van der Waals surface area contributed by atoms with E-state index in [2.05, 4.69) is 12.2 Å². The van der Waals surface area contributed by atoms with Crippen molar-refractivity contribution in [3.8, 4) is 0 Å². The van der Waals surface area contributed by atoms with Gasteiger partial charge in [-0.1, -0.05) is 41.8 Å². The lowest BCUT2D eigenvalue weighted by atomic mass is 9.92. The first-order valence-electron chi connectivity index (χ1n) is 5.38. The Morgan fingerprint density at radius 1 is 1.33 bits per heavy atom. The highest BCUT2D eigenvalue weighted by Gasteiger charge is 2.21. The van der Waals surface area contributed by atoms with Gasteiger partial charge in [-0.2, -0.15) is 0 Å². The molecule has 0 spiro atoms. The summed E-state index contributed by atoms with van der Waals surface area (Å²) in [6.07, 6.45) is 3.90. The van der Waals surface area contributed by atoms with E-state index in [4.69, 9.17) is 23.2 Å². The van der Waals surface area contributed by atoms with Crippen LogP contribution in [0.25, 0.3) is 0 Å². The molecule has 1 atom stereocenters. The lowest BCUT2D eigenvalue weighted by Gasteiger charge is -2.30. The Morgan fingerprint density at radius 2 is 2.07 bits per heavy atom. The first-order chi connectivity index (χ1) is 7.18. The van der Waals surface area contributed by atoms with Crippen molar-refractivity contribution in [1.29, 1.82) is 0 Å². The van der Waals surface area contributed by atoms with Gasteiger partial charge in [0.05, 0.1) is 10.0 Å². The van der Waals surface area contributed by atoms with Crippen LogP contribution >= 0.6 is 23.2 Å². The maximum Gasteiger partial charge on any atom is 0.0639 e. The van der Waals surface area contributed by atoms with E-state index >= 15 is 0 Å². The van der Waals surface area contributed by atoms with Crippen LogP contribution in [0, 0.1) is 0 Å². The van der Waals surface area contributed by atoms with Gasteiger partial charge in [0, 0.05) is 12.1 Å². The maximum absolute atomic E-state index is 6.16. The zero-order chi connectivity index (χ0) is 10.8. The van der Waals surface area contributed by atoms with Crippen LogP contribution in [0.4, 0.5) is 0 Å². The molecule has 0 saturated heterocycles. The summed E-state index contributed by atoms with van der Waals surface area (Å²) in [7, 11) is 0. The van der Waals surface area contributed by atoms with Gasteiger partial charge in [-0.05, 0) is 31.4 Å². The molecule has 82 valence electrons. The zero-order valence-electron chi connectivity index (χ0n) is 8.76. The monoisotopic (exact) mass is 243 g/mol. The van der Waals surface area contributed by atoms with E-state index < -0.39 is 0 Å². The summed E-state index contributed by atoms with van der Waals surface area (Å²) >= 11 is 12.1. The molecule has 2 rings (SSSR count). The minimum absolute atomic E-state index is 0.279. The van der Waals surface area contributed by atoms with Crippen LogP contribution in [0.3, 0.4) is 0 Å². The van der Waals surface area contributed by atoms with Gasteiger partial charge in [0.15, 0.2) is 0 Å². The third-order valence-corrected chi connectivity index (χ3v) is 3.87. The molecule has 0 aromatic heterocycles. The van der Waals surface area contributed by atoms with Crippen molar-refractivity contribution in [1.82, 2.24) is 5.32 Å². The second-order valence-electron chi connectivity index (χ2n) is 4.16. The van der Waals surface area contributed by atoms with Gasteiger partial charge >= 0.3 is 0 Å². The molecule has 15 heavy (non-hydrogen) atoms. The van der Waals surface area contributed by atoms with Crippen LogP contribution in [0.5, 0.6) is 0 Å². The number of benzene rings is 1. The zero-order valence-corrected chi connectivity index (χ0v) is 10.3. The van der Waals surface area contributed by atoms with E-state index in [0.29, 0.717) is 16.1 Å². The highest BCUT2D eigenvalue weighted by molar-refractivity contribution is 6.42. The Morgan fingerprint density at radius 3 is 2.67 bits per heavy atom. The lowest BCUT2D eigenvalue weighted by molar-refractivity contribution is 0.313. The summed E-state index contributed by atoms with van der Waals surface area (Å²) < 4.78 is 0. The molecule has 1 N–H and O–H groups in total. The highest BCUT2D eigenvalue weighted by atomic mass is 35.5. The standard InChI is InChI=1S/C12H15Cl2N/c1-8(15-9-4-2-5-9)10-6-3-7-11(13)12(10)14/h3,6-9,15H,2,4-5H2,1H3. The summed E-state index contributed by atoms with van der Waals surface area (Å²) in [5.74, 6) is 0. The predicted octanol–water partition coefficient (Wildman–Crippen LogP) is 4.20. The molecular weight excluding hydrogens is 229 g/mol. The molecule has 0 amide bonds. The molecule has 0 radical (unpaired) electrons. The third-order valence-electron chi connectivity index (χ3n) is 3.04. The van der Waals surface area contributed by atoms with Crippen LogP contribution in [0.15, 0.2) is 18.2 Å². The number of nitrogens with one attached hydrogen (secondary N) is 1. The average molecular weight is 244 g/mol. The minimum Gasteiger partial charge on any atom is -0.307 e. The number of halogens is 2. The summed E-state index contributed by atoms with van der Waals surface area (Å²) in [6, 6.07) is 6.74. The minimum atomic E-state index is 0.279. The van der Waals surface area contributed by atoms with Gasteiger partial charge in [0.1, 0.15) is 0 Å². The lowest BCUT2D eigenvalue weighted by Crippen LogP contribution is -2.36. The fraction of sp³-hybridized carbons (Fsp3) is 0.500. The fourth-order valence-corrected chi connectivity index (χ4v) is 2.34. The highest BCUT2D eigenvalue weighted by Crippen LogP contribution is 2.31. The maximum atomic E-state index is 6.16. The Bertz CT molecular complexity index is 347. The number of rotatable bonds is 3.